The molecule has 1 aliphatic rings. The molecule has 3 aromatic rings. The summed E-state index contributed by atoms with van der Waals surface area (Å²) in [4.78, 5) is 38.5. The maximum Gasteiger partial charge on any atom is 0.329 e. The molecule has 0 spiro atoms. The lowest BCUT2D eigenvalue weighted by Crippen LogP contribution is -2.38. The number of aromatic hydroxyl groups is 1. The lowest BCUT2D eigenvalue weighted by atomic mass is 10.1. The van der Waals surface area contributed by atoms with Gasteiger partial charge in [0.05, 0.1) is 0 Å². The Balaban J connectivity index is 1.50. The van der Waals surface area contributed by atoms with E-state index >= 15 is 0 Å². The largest absolute Gasteiger partial charge is 0.508 e. The van der Waals surface area contributed by atoms with Gasteiger partial charge in [-0.15, -0.1) is 0 Å². The van der Waals surface area contributed by atoms with Crippen molar-refractivity contribution in [1.82, 2.24) is 14.8 Å². The number of aryl methyl sites for hydroxylation is 1. The summed E-state index contributed by atoms with van der Waals surface area (Å²) in [7, 11) is 0. The van der Waals surface area contributed by atoms with E-state index in [2.05, 4.69) is 10.6 Å². The number of urea groups is 1. The molecule has 8 nitrogen and oxygen atoms in total. The monoisotopic (exact) mass is 430 g/mol. The molecule has 2 heterocycles. The first-order valence-electron chi connectivity index (χ1n) is 10.2. The molecule has 0 radical (unpaired) electrons. The van der Waals surface area contributed by atoms with E-state index in [4.69, 9.17) is 0 Å². The Morgan fingerprint density at radius 2 is 1.81 bits per heavy atom. The summed E-state index contributed by atoms with van der Waals surface area (Å²) < 4.78 is 1.81. The van der Waals surface area contributed by atoms with E-state index in [9.17, 15) is 19.5 Å². The van der Waals surface area contributed by atoms with Crippen molar-refractivity contribution in [2.45, 2.75) is 13.3 Å². The number of anilines is 1. The molecule has 1 aliphatic heterocycles. The molecular formula is C24H22N4O4. The average Bonchev–Trinajstić information content (AvgIpc) is 3.35. The highest BCUT2D eigenvalue weighted by atomic mass is 16.3. The van der Waals surface area contributed by atoms with Crippen LogP contribution < -0.4 is 10.6 Å². The fourth-order valence-corrected chi connectivity index (χ4v) is 3.51. The van der Waals surface area contributed by atoms with Crippen molar-refractivity contribution in [2.24, 2.45) is 0 Å². The number of hydrogen-bond donors (Lipinski definition) is 3. The standard InChI is InChI=1S/C24H22N4O4/c1-2-16-6-3-4-8-20(16)25-22(30)15-28-23(31)21(26-24(28)32)14-18-7-5-13-27(18)17-9-11-19(29)12-10-17/h3-14,29H,2,15H2,1H3,(H,25,30)(H,26,32)/b21-14+. The van der Waals surface area contributed by atoms with Gasteiger partial charge >= 0.3 is 6.03 Å². The van der Waals surface area contributed by atoms with Crippen LogP contribution in [0.1, 0.15) is 18.2 Å². The van der Waals surface area contributed by atoms with Gasteiger partial charge in [0.25, 0.3) is 5.91 Å². The van der Waals surface area contributed by atoms with Gasteiger partial charge in [0.2, 0.25) is 5.91 Å². The van der Waals surface area contributed by atoms with Crippen LogP contribution >= 0.6 is 0 Å². The third-order valence-corrected chi connectivity index (χ3v) is 5.14. The first kappa shape index (κ1) is 20.9. The molecule has 1 aromatic heterocycles. The number of rotatable bonds is 6. The minimum Gasteiger partial charge on any atom is -0.508 e. The van der Waals surface area contributed by atoms with Gasteiger partial charge in [0, 0.05) is 23.3 Å². The Hall–Kier alpha value is -4.33. The summed E-state index contributed by atoms with van der Waals surface area (Å²) in [5.74, 6) is -0.884. The summed E-state index contributed by atoms with van der Waals surface area (Å²) in [5.41, 5.74) is 3.14. The number of carbonyl (C=O) groups is 3. The molecule has 32 heavy (non-hydrogen) atoms. The maximum absolute atomic E-state index is 12.8. The van der Waals surface area contributed by atoms with Crippen LogP contribution in [0.5, 0.6) is 5.75 Å². The summed E-state index contributed by atoms with van der Waals surface area (Å²) in [6.07, 6.45) is 4.10. The maximum atomic E-state index is 12.8. The van der Waals surface area contributed by atoms with Crippen LogP contribution in [0.4, 0.5) is 10.5 Å². The Bertz CT molecular complexity index is 1210. The van der Waals surface area contributed by atoms with Crippen LogP contribution in [0.3, 0.4) is 0 Å². The van der Waals surface area contributed by atoms with Crippen LogP contribution in [0.25, 0.3) is 11.8 Å². The van der Waals surface area contributed by atoms with Gasteiger partial charge in [-0.2, -0.15) is 0 Å². The molecule has 0 atom stereocenters. The normalized spacial score (nSPS) is 14.7. The molecule has 0 aliphatic carbocycles. The van der Waals surface area contributed by atoms with Gasteiger partial charge in [0.1, 0.15) is 18.0 Å². The van der Waals surface area contributed by atoms with Crippen LogP contribution in [-0.4, -0.2) is 39.0 Å². The number of phenolic OH excluding ortho intramolecular Hbond substituents is 1. The molecule has 2 aromatic carbocycles. The van der Waals surface area contributed by atoms with E-state index in [1.54, 1.807) is 54.7 Å². The van der Waals surface area contributed by atoms with Crippen molar-refractivity contribution in [2.75, 3.05) is 11.9 Å². The molecule has 0 bridgehead atoms. The first-order chi connectivity index (χ1) is 15.5. The van der Waals surface area contributed by atoms with Crippen molar-refractivity contribution in [3.05, 3.63) is 83.8 Å². The highest BCUT2D eigenvalue weighted by Gasteiger charge is 2.35. The van der Waals surface area contributed by atoms with Crippen molar-refractivity contribution in [1.29, 1.82) is 0 Å². The third-order valence-electron chi connectivity index (χ3n) is 5.14. The summed E-state index contributed by atoms with van der Waals surface area (Å²) in [6.45, 7) is 1.59. The number of nitrogens with one attached hydrogen (secondary N) is 2. The average molecular weight is 430 g/mol. The summed E-state index contributed by atoms with van der Waals surface area (Å²) >= 11 is 0. The molecular weight excluding hydrogens is 408 g/mol. The van der Waals surface area contributed by atoms with Crippen LogP contribution in [0.15, 0.2) is 72.6 Å². The number of nitrogens with zero attached hydrogens (tertiary/aromatic N) is 2. The van der Waals surface area contributed by atoms with Crippen molar-refractivity contribution >= 4 is 29.6 Å². The molecule has 3 N–H and O–H groups in total. The van der Waals surface area contributed by atoms with Gasteiger partial charge < -0.3 is 20.3 Å². The van der Waals surface area contributed by atoms with Crippen molar-refractivity contribution in [3.63, 3.8) is 0 Å². The van der Waals surface area contributed by atoms with Crippen molar-refractivity contribution in [3.8, 4) is 11.4 Å². The van der Waals surface area contributed by atoms with Gasteiger partial charge in [-0.05, 0) is 60.5 Å². The fourth-order valence-electron chi connectivity index (χ4n) is 3.51. The lowest BCUT2D eigenvalue weighted by molar-refractivity contribution is -0.127. The minimum atomic E-state index is -0.650. The predicted molar refractivity (Wildman–Crippen MR) is 120 cm³/mol. The van der Waals surface area contributed by atoms with E-state index < -0.39 is 17.8 Å². The zero-order chi connectivity index (χ0) is 22.7. The fraction of sp³-hybridized carbons (Fsp3) is 0.125. The molecule has 1 fully saturated rings. The van der Waals surface area contributed by atoms with Gasteiger partial charge in [-0.25, -0.2) is 9.69 Å². The number of aromatic nitrogens is 1. The number of carbonyl (C=O) groups excluding carboxylic acids is 3. The second-order valence-electron chi connectivity index (χ2n) is 7.26. The highest BCUT2D eigenvalue weighted by molar-refractivity contribution is 6.15. The summed E-state index contributed by atoms with van der Waals surface area (Å²) in [5, 5.41) is 14.8. The van der Waals surface area contributed by atoms with E-state index in [0.717, 1.165) is 22.6 Å². The van der Waals surface area contributed by atoms with E-state index in [-0.39, 0.29) is 18.0 Å². The molecule has 0 unspecified atom stereocenters. The molecule has 162 valence electrons. The van der Waals surface area contributed by atoms with E-state index in [0.29, 0.717) is 11.4 Å². The number of imide groups is 1. The second kappa shape index (κ2) is 8.81. The smallest absolute Gasteiger partial charge is 0.329 e. The third kappa shape index (κ3) is 4.24. The topological polar surface area (TPSA) is 104 Å². The van der Waals surface area contributed by atoms with E-state index in [1.165, 1.54) is 0 Å². The molecule has 0 saturated carbocycles. The number of amides is 4. The Kier molecular flexibility index (Phi) is 5.76. The highest BCUT2D eigenvalue weighted by Crippen LogP contribution is 2.20. The van der Waals surface area contributed by atoms with Gasteiger partial charge in [0.15, 0.2) is 0 Å². The second-order valence-corrected chi connectivity index (χ2v) is 7.26. The first-order valence-corrected chi connectivity index (χ1v) is 10.2. The number of benzene rings is 2. The Morgan fingerprint density at radius 1 is 1.06 bits per heavy atom. The number of hydrogen-bond acceptors (Lipinski definition) is 4. The van der Waals surface area contributed by atoms with Crippen LogP contribution in [-0.2, 0) is 16.0 Å². The zero-order valence-electron chi connectivity index (χ0n) is 17.4. The Morgan fingerprint density at radius 3 is 2.56 bits per heavy atom. The SMILES string of the molecule is CCc1ccccc1NC(=O)CN1C(=O)N/C(=C/c2cccn2-c2ccc(O)cc2)C1=O. The zero-order valence-corrected chi connectivity index (χ0v) is 17.4. The Labute approximate surface area is 184 Å². The van der Waals surface area contributed by atoms with Crippen LogP contribution in [0.2, 0.25) is 0 Å². The quantitative estimate of drug-likeness (QED) is 0.412. The number of para-hydroxylation sites is 1. The lowest BCUT2D eigenvalue weighted by Gasteiger charge is -2.13. The molecule has 8 heteroatoms. The van der Waals surface area contributed by atoms with Gasteiger partial charge in [-0.3, -0.25) is 9.59 Å². The van der Waals surface area contributed by atoms with Gasteiger partial charge in [-0.1, -0.05) is 25.1 Å². The molecule has 4 rings (SSSR count). The van der Waals surface area contributed by atoms with Crippen molar-refractivity contribution < 1.29 is 19.5 Å². The summed E-state index contributed by atoms with van der Waals surface area (Å²) in [6, 6.07) is 16.9. The van der Waals surface area contributed by atoms with Crippen LogP contribution in [0, 0.1) is 0 Å². The van der Waals surface area contributed by atoms with E-state index in [1.807, 2.05) is 29.7 Å². The molecule has 4 amide bonds. The molecule has 1 saturated heterocycles. The minimum absolute atomic E-state index is 0.0792. The predicted octanol–water partition coefficient (Wildman–Crippen LogP) is 3.28. The number of phenols is 1.